The molecule has 0 spiro atoms. The van der Waals surface area contributed by atoms with Crippen molar-refractivity contribution in [2.45, 2.75) is 20.3 Å². The molecule has 0 atom stereocenters. The normalized spacial score (nSPS) is 10.8. The number of benzene rings is 1. The Balaban J connectivity index is 2.81. The summed E-state index contributed by atoms with van der Waals surface area (Å²) in [6, 6.07) is 4.96. The van der Waals surface area contributed by atoms with Gasteiger partial charge in [-0.1, -0.05) is 13.8 Å². The van der Waals surface area contributed by atoms with Gasteiger partial charge in [-0.15, -0.1) is 0 Å². The van der Waals surface area contributed by atoms with E-state index in [0.717, 1.165) is 25.2 Å². The van der Waals surface area contributed by atoms with Gasteiger partial charge >= 0.3 is 5.97 Å². The quantitative estimate of drug-likeness (QED) is 0.740. The van der Waals surface area contributed by atoms with Crippen molar-refractivity contribution in [3.63, 3.8) is 0 Å². The third kappa shape index (κ3) is 3.75. The van der Waals surface area contributed by atoms with Crippen LogP contribution in [0.15, 0.2) is 18.2 Å². The van der Waals surface area contributed by atoms with Crippen LogP contribution in [-0.2, 0) is 6.42 Å². The van der Waals surface area contributed by atoms with Gasteiger partial charge in [0.15, 0.2) is 0 Å². The van der Waals surface area contributed by atoms with E-state index in [1.807, 2.05) is 0 Å². The second kappa shape index (κ2) is 6.25. The smallest absolute Gasteiger partial charge is 0.335 e. The molecule has 0 unspecified atom stereocenters. The summed E-state index contributed by atoms with van der Waals surface area (Å²) in [5.41, 5.74) is 7.47. The van der Waals surface area contributed by atoms with Crippen LogP contribution >= 0.6 is 0 Å². The summed E-state index contributed by atoms with van der Waals surface area (Å²) < 4.78 is 0. The first kappa shape index (κ1) is 13.5. The minimum atomic E-state index is -0.889. The van der Waals surface area contributed by atoms with Crippen LogP contribution in [0, 0.1) is 0 Å². The van der Waals surface area contributed by atoms with Crippen LogP contribution in [0.25, 0.3) is 0 Å². The largest absolute Gasteiger partial charge is 0.478 e. The number of anilines is 1. The van der Waals surface area contributed by atoms with Crippen molar-refractivity contribution in [2.75, 3.05) is 25.4 Å². The molecular formula is C13H20N2O2. The molecule has 1 aromatic rings. The first-order valence-electron chi connectivity index (χ1n) is 5.92. The molecular weight excluding hydrogens is 216 g/mol. The SMILES string of the molecule is CCN(CC)CCc1cc(N)ccc1C(=O)O. The topological polar surface area (TPSA) is 66.6 Å². The average molecular weight is 236 g/mol. The standard InChI is InChI=1S/C13H20N2O2/c1-3-15(4-2)8-7-10-9-11(14)5-6-12(10)13(16)17/h5-6,9H,3-4,7-8,14H2,1-2H3,(H,16,17). The summed E-state index contributed by atoms with van der Waals surface area (Å²) in [7, 11) is 0. The fourth-order valence-corrected chi connectivity index (χ4v) is 1.85. The average Bonchev–Trinajstić information content (AvgIpc) is 2.30. The van der Waals surface area contributed by atoms with Crippen molar-refractivity contribution in [3.8, 4) is 0 Å². The van der Waals surface area contributed by atoms with Gasteiger partial charge in [0.1, 0.15) is 0 Å². The minimum Gasteiger partial charge on any atom is -0.478 e. The van der Waals surface area contributed by atoms with Crippen LogP contribution in [0.5, 0.6) is 0 Å². The summed E-state index contributed by atoms with van der Waals surface area (Å²) in [6.45, 7) is 7.00. The number of rotatable bonds is 6. The zero-order valence-electron chi connectivity index (χ0n) is 10.4. The van der Waals surface area contributed by atoms with Crippen molar-refractivity contribution in [1.29, 1.82) is 0 Å². The molecule has 0 aliphatic heterocycles. The Labute approximate surface area is 102 Å². The number of hydrogen-bond donors (Lipinski definition) is 2. The zero-order chi connectivity index (χ0) is 12.8. The van der Waals surface area contributed by atoms with Gasteiger partial charge in [-0.05, 0) is 43.3 Å². The second-order valence-corrected chi connectivity index (χ2v) is 4.00. The molecule has 0 aliphatic rings. The Morgan fingerprint density at radius 1 is 1.35 bits per heavy atom. The first-order valence-corrected chi connectivity index (χ1v) is 5.92. The van der Waals surface area contributed by atoms with Gasteiger partial charge in [-0.25, -0.2) is 4.79 Å². The Hall–Kier alpha value is -1.55. The first-order chi connectivity index (χ1) is 8.08. The molecule has 1 aromatic carbocycles. The van der Waals surface area contributed by atoms with Gasteiger partial charge in [-0.2, -0.15) is 0 Å². The summed E-state index contributed by atoms with van der Waals surface area (Å²) in [5.74, 6) is -0.889. The highest BCUT2D eigenvalue weighted by Gasteiger charge is 2.10. The van der Waals surface area contributed by atoms with E-state index in [2.05, 4.69) is 18.7 Å². The fourth-order valence-electron chi connectivity index (χ4n) is 1.85. The molecule has 4 nitrogen and oxygen atoms in total. The highest BCUT2D eigenvalue weighted by molar-refractivity contribution is 5.89. The minimum absolute atomic E-state index is 0.353. The molecule has 1 rings (SSSR count). The Kier molecular flexibility index (Phi) is 4.97. The van der Waals surface area contributed by atoms with Gasteiger partial charge in [0.25, 0.3) is 0 Å². The molecule has 0 saturated heterocycles. The Morgan fingerprint density at radius 3 is 2.53 bits per heavy atom. The van der Waals surface area contributed by atoms with Crippen LogP contribution < -0.4 is 5.73 Å². The number of hydrogen-bond acceptors (Lipinski definition) is 3. The van der Waals surface area contributed by atoms with Crippen molar-refractivity contribution < 1.29 is 9.90 Å². The molecule has 0 fully saturated rings. The number of carboxylic acid groups (broad SMARTS) is 1. The molecule has 94 valence electrons. The Morgan fingerprint density at radius 2 is 2.00 bits per heavy atom. The van der Waals surface area contributed by atoms with Gasteiger partial charge in [0, 0.05) is 12.2 Å². The molecule has 17 heavy (non-hydrogen) atoms. The highest BCUT2D eigenvalue weighted by atomic mass is 16.4. The maximum atomic E-state index is 11.1. The van der Waals surface area contributed by atoms with Crippen LogP contribution in [0.4, 0.5) is 5.69 Å². The number of likely N-dealkylation sites (N-methyl/N-ethyl adjacent to an activating group) is 1. The number of nitrogens with two attached hydrogens (primary N) is 1. The van der Waals surface area contributed by atoms with E-state index in [4.69, 9.17) is 10.8 Å². The van der Waals surface area contributed by atoms with Gasteiger partial charge in [0.2, 0.25) is 0 Å². The van der Waals surface area contributed by atoms with E-state index in [0.29, 0.717) is 17.7 Å². The number of nitrogens with zero attached hydrogens (tertiary/aromatic N) is 1. The van der Waals surface area contributed by atoms with Crippen molar-refractivity contribution in [1.82, 2.24) is 4.90 Å². The van der Waals surface area contributed by atoms with Crippen LogP contribution in [0.1, 0.15) is 29.8 Å². The van der Waals surface area contributed by atoms with E-state index in [1.54, 1.807) is 18.2 Å². The lowest BCUT2D eigenvalue weighted by molar-refractivity contribution is 0.0695. The molecule has 0 bridgehead atoms. The second-order valence-electron chi connectivity index (χ2n) is 4.00. The van der Waals surface area contributed by atoms with E-state index in [-0.39, 0.29) is 0 Å². The van der Waals surface area contributed by atoms with Crippen LogP contribution in [0.3, 0.4) is 0 Å². The summed E-state index contributed by atoms with van der Waals surface area (Å²) in [5, 5.41) is 9.08. The van der Waals surface area contributed by atoms with E-state index < -0.39 is 5.97 Å². The highest BCUT2D eigenvalue weighted by Crippen LogP contribution is 2.15. The van der Waals surface area contributed by atoms with Crippen molar-refractivity contribution in [2.24, 2.45) is 0 Å². The van der Waals surface area contributed by atoms with E-state index in [9.17, 15) is 4.79 Å². The molecule has 4 heteroatoms. The van der Waals surface area contributed by atoms with Crippen molar-refractivity contribution in [3.05, 3.63) is 29.3 Å². The molecule has 0 amide bonds. The van der Waals surface area contributed by atoms with Crippen LogP contribution in [0.2, 0.25) is 0 Å². The zero-order valence-corrected chi connectivity index (χ0v) is 10.4. The lowest BCUT2D eigenvalue weighted by Crippen LogP contribution is -2.25. The summed E-state index contributed by atoms with van der Waals surface area (Å²) in [4.78, 5) is 13.3. The summed E-state index contributed by atoms with van der Waals surface area (Å²) >= 11 is 0. The fraction of sp³-hybridized carbons (Fsp3) is 0.462. The van der Waals surface area contributed by atoms with E-state index in [1.165, 1.54) is 0 Å². The third-order valence-electron chi connectivity index (χ3n) is 2.95. The van der Waals surface area contributed by atoms with Crippen LogP contribution in [-0.4, -0.2) is 35.6 Å². The Bertz CT molecular complexity index is 387. The molecule has 0 saturated carbocycles. The molecule has 3 N–H and O–H groups in total. The lowest BCUT2D eigenvalue weighted by atomic mass is 10.0. The molecule has 0 aromatic heterocycles. The monoisotopic (exact) mass is 236 g/mol. The number of carboxylic acids is 1. The number of nitrogen functional groups attached to an aromatic ring is 1. The van der Waals surface area contributed by atoms with Gasteiger partial charge < -0.3 is 15.7 Å². The predicted molar refractivity (Wildman–Crippen MR) is 69.3 cm³/mol. The number of carbonyl (C=O) groups is 1. The van der Waals surface area contributed by atoms with Gasteiger partial charge in [0.05, 0.1) is 5.56 Å². The number of aromatic carboxylic acids is 1. The van der Waals surface area contributed by atoms with Gasteiger partial charge in [-0.3, -0.25) is 0 Å². The maximum absolute atomic E-state index is 11.1. The molecule has 0 radical (unpaired) electrons. The third-order valence-corrected chi connectivity index (χ3v) is 2.95. The van der Waals surface area contributed by atoms with Crippen molar-refractivity contribution >= 4 is 11.7 Å². The molecule has 0 heterocycles. The molecule has 0 aliphatic carbocycles. The van der Waals surface area contributed by atoms with E-state index >= 15 is 0 Å². The lowest BCUT2D eigenvalue weighted by Gasteiger charge is -2.18. The summed E-state index contributed by atoms with van der Waals surface area (Å²) in [6.07, 6.45) is 0.717. The maximum Gasteiger partial charge on any atom is 0.335 e. The predicted octanol–water partition coefficient (Wildman–Crippen LogP) is 1.85.